The molecular formula is C6H7I2NO2. The highest BCUT2D eigenvalue weighted by molar-refractivity contribution is 14.0. The van der Waals surface area contributed by atoms with Crippen LogP contribution >= 0.6 is 48.0 Å². The fourth-order valence-corrected chi connectivity index (χ4v) is 0.550. The van der Waals surface area contributed by atoms with E-state index in [1.807, 2.05) is 0 Å². The van der Waals surface area contributed by atoms with Crippen LogP contribution in [0.2, 0.25) is 0 Å². The molecule has 11 heavy (non-hydrogen) atoms. The summed E-state index contributed by atoms with van der Waals surface area (Å²) in [5, 5.41) is 10.0. The molecule has 0 saturated carbocycles. The lowest BCUT2D eigenvalue weighted by Crippen LogP contribution is -1.84. The molecule has 0 aliphatic carbocycles. The fourth-order valence-electron chi connectivity index (χ4n) is 0.550. The second kappa shape index (κ2) is 6.77. The molecule has 0 aromatic heterocycles. The number of nitrogens with zero attached hydrogens (tertiary/aromatic N) is 1. The van der Waals surface area contributed by atoms with Crippen LogP contribution < -0.4 is 0 Å². The molecule has 0 aliphatic rings. The molecular weight excluding hydrogens is 372 g/mol. The monoisotopic (exact) mass is 379 g/mol. The Morgan fingerprint density at radius 3 is 1.82 bits per heavy atom. The Labute approximate surface area is 98.4 Å². The molecule has 0 fully saturated rings. The molecule has 0 saturated heterocycles. The smallest absolute Gasteiger partial charge is 0.258 e. The summed E-state index contributed by atoms with van der Waals surface area (Å²) in [6.45, 7) is 0. The van der Waals surface area contributed by atoms with Gasteiger partial charge in [0.05, 0.1) is 4.92 Å². The second-order valence-corrected chi connectivity index (χ2v) is 1.59. The van der Waals surface area contributed by atoms with Gasteiger partial charge in [-0.2, -0.15) is 0 Å². The largest absolute Gasteiger partial charge is 0.269 e. The zero-order valence-electron chi connectivity index (χ0n) is 5.47. The van der Waals surface area contributed by atoms with Crippen LogP contribution in [-0.2, 0) is 0 Å². The van der Waals surface area contributed by atoms with E-state index < -0.39 is 4.92 Å². The van der Waals surface area contributed by atoms with E-state index in [1.165, 1.54) is 12.1 Å². The minimum Gasteiger partial charge on any atom is -0.258 e. The van der Waals surface area contributed by atoms with Gasteiger partial charge >= 0.3 is 0 Å². The number of nitro groups is 1. The maximum absolute atomic E-state index is 10.0. The molecule has 0 N–H and O–H groups in total. The van der Waals surface area contributed by atoms with Gasteiger partial charge in [0.2, 0.25) is 0 Å². The van der Waals surface area contributed by atoms with Crippen LogP contribution in [0.25, 0.3) is 0 Å². The normalized spacial score (nSPS) is 7.27. The molecule has 1 aromatic rings. The minimum absolute atomic E-state index is 0. The van der Waals surface area contributed by atoms with Gasteiger partial charge in [-0.1, -0.05) is 18.2 Å². The van der Waals surface area contributed by atoms with Crippen molar-refractivity contribution in [3.8, 4) is 0 Å². The number of hydrogen-bond acceptors (Lipinski definition) is 2. The summed E-state index contributed by atoms with van der Waals surface area (Å²) in [7, 11) is 0. The third kappa shape index (κ3) is 4.51. The van der Waals surface area contributed by atoms with Crippen LogP contribution in [0.5, 0.6) is 0 Å². The molecule has 0 bridgehead atoms. The van der Waals surface area contributed by atoms with E-state index in [4.69, 9.17) is 0 Å². The predicted molar refractivity (Wildman–Crippen MR) is 63.9 cm³/mol. The van der Waals surface area contributed by atoms with Crippen molar-refractivity contribution in [1.29, 1.82) is 0 Å². The van der Waals surface area contributed by atoms with E-state index in [0.29, 0.717) is 0 Å². The van der Waals surface area contributed by atoms with Gasteiger partial charge in [-0.3, -0.25) is 10.1 Å². The van der Waals surface area contributed by atoms with Crippen LogP contribution in [0.15, 0.2) is 30.3 Å². The molecule has 0 amide bonds. The maximum Gasteiger partial charge on any atom is 0.269 e. The highest BCUT2D eigenvalue weighted by Crippen LogP contribution is 2.06. The zero-order valence-corrected chi connectivity index (χ0v) is 10.1. The Bertz CT molecular complexity index is 215. The van der Waals surface area contributed by atoms with Gasteiger partial charge in [-0.15, -0.1) is 48.0 Å². The van der Waals surface area contributed by atoms with Crippen LogP contribution in [0.3, 0.4) is 0 Å². The molecule has 62 valence electrons. The van der Waals surface area contributed by atoms with E-state index in [1.54, 1.807) is 18.2 Å². The van der Waals surface area contributed by atoms with Crippen molar-refractivity contribution in [2.45, 2.75) is 0 Å². The topological polar surface area (TPSA) is 43.1 Å². The van der Waals surface area contributed by atoms with Gasteiger partial charge in [0.1, 0.15) is 0 Å². The first kappa shape index (κ1) is 13.7. The highest BCUT2D eigenvalue weighted by atomic mass is 127. The maximum atomic E-state index is 10.0. The van der Waals surface area contributed by atoms with Crippen molar-refractivity contribution < 1.29 is 4.92 Å². The average molecular weight is 379 g/mol. The van der Waals surface area contributed by atoms with Gasteiger partial charge in [0.25, 0.3) is 5.69 Å². The Hall–Kier alpha value is 0.0800. The average Bonchev–Trinajstić information content (AvgIpc) is 1.90. The Morgan fingerprint density at radius 1 is 1.09 bits per heavy atom. The lowest BCUT2D eigenvalue weighted by Gasteiger charge is -1.85. The van der Waals surface area contributed by atoms with Crippen molar-refractivity contribution in [2.24, 2.45) is 0 Å². The summed E-state index contributed by atoms with van der Waals surface area (Å²) in [6, 6.07) is 7.93. The Morgan fingerprint density at radius 2 is 1.55 bits per heavy atom. The van der Waals surface area contributed by atoms with E-state index >= 15 is 0 Å². The minimum atomic E-state index is -0.417. The van der Waals surface area contributed by atoms with Crippen LogP contribution in [0.1, 0.15) is 0 Å². The van der Waals surface area contributed by atoms with E-state index in [2.05, 4.69) is 0 Å². The van der Waals surface area contributed by atoms with Crippen LogP contribution in [0.4, 0.5) is 5.69 Å². The summed E-state index contributed by atoms with van der Waals surface area (Å²) in [5.41, 5.74) is 0.137. The van der Waals surface area contributed by atoms with Gasteiger partial charge in [-0.05, 0) is 0 Å². The molecule has 5 heteroatoms. The number of benzene rings is 1. The number of para-hydroxylation sites is 1. The predicted octanol–water partition coefficient (Wildman–Crippen LogP) is 2.83. The number of non-ortho nitro benzene ring substituents is 1. The molecule has 0 atom stereocenters. The molecule has 1 aromatic carbocycles. The molecule has 0 unspecified atom stereocenters. The first-order valence-electron chi connectivity index (χ1n) is 2.50. The molecule has 0 spiro atoms. The zero-order chi connectivity index (χ0) is 6.69. The Kier molecular flexibility index (Phi) is 8.40. The molecule has 3 nitrogen and oxygen atoms in total. The molecule has 0 radical (unpaired) electrons. The summed E-state index contributed by atoms with van der Waals surface area (Å²) >= 11 is 0. The lowest BCUT2D eigenvalue weighted by atomic mass is 10.3. The molecule has 1 rings (SSSR count). The van der Waals surface area contributed by atoms with Gasteiger partial charge < -0.3 is 0 Å². The third-order valence-corrected chi connectivity index (χ3v) is 0.967. The van der Waals surface area contributed by atoms with E-state index in [-0.39, 0.29) is 53.6 Å². The van der Waals surface area contributed by atoms with Crippen LogP contribution in [0, 0.1) is 10.1 Å². The van der Waals surface area contributed by atoms with Gasteiger partial charge in [0.15, 0.2) is 0 Å². The fraction of sp³-hybridized carbons (Fsp3) is 0. The highest BCUT2D eigenvalue weighted by Gasteiger charge is 1.98. The van der Waals surface area contributed by atoms with Crippen molar-refractivity contribution >= 4 is 53.6 Å². The lowest BCUT2D eigenvalue weighted by molar-refractivity contribution is -0.384. The molecule has 0 heterocycles. The number of halogens is 2. The molecule has 0 aliphatic heterocycles. The first-order valence-corrected chi connectivity index (χ1v) is 2.50. The van der Waals surface area contributed by atoms with Crippen LogP contribution in [-0.4, -0.2) is 4.92 Å². The Balaban J connectivity index is 0. The van der Waals surface area contributed by atoms with Crippen molar-refractivity contribution in [3.05, 3.63) is 40.4 Å². The number of hydrogen-bond donors (Lipinski definition) is 0. The van der Waals surface area contributed by atoms with Gasteiger partial charge in [-0.25, -0.2) is 0 Å². The van der Waals surface area contributed by atoms with Crippen molar-refractivity contribution in [3.63, 3.8) is 0 Å². The summed E-state index contributed by atoms with van der Waals surface area (Å²) < 4.78 is 0. The summed E-state index contributed by atoms with van der Waals surface area (Å²) in [4.78, 5) is 9.59. The SMILES string of the molecule is I.I.O=[N+]([O-])c1ccccc1. The quantitative estimate of drug-likeness (QED) is 0.428. The third-order valence-electron chi connectivity index (χ3n) is 0.967. The second-order valence-electron chi connectivity index (χ2n) is 1.59. The van der Waals surface area contributed by atoms with Gasteiger partial charge in [0, 0.05) is 12.1 Å². The number of nitro benzene ring substituents is 1. The van der Waals surface area contributed by atoms with Crippen molar-refractivity contribution in [2.75, 3.05) is 0 Å². The summed E-state index contributed by atoms with van der Waals surface area (Å²) in [6.07, 6.45) is 0. The van der Waals surface area contributed by atoms with E-state index in [9.17, 15) is 10.1 Å². The number of rotatable bonds is 1. The standard InChI is InChI=1S/C6H5NO2.2HI/c8-7(9)6-4-2-1-3-5-6;;/h1-5H;2*1H. The van der Waals surface area contributed by atoms with Crippen molar-refractivity contribution in [1.82, 2.24) is 0 Å². The van der Waals surface area contributed by atoms with E-state index in [0.717, 1.165) is 0 Å². The summed E-state index contributed by atoms with van der Waals surface area (Å²) in [5.74, 6) is 0. The first-order chi connectivity index (χ1) is 4.30.